The number of nitrogens with zero attached hydrogens (tertiary/aromatic N) is 2. The summed E-state index contributed by atoms with van der Waals surface area (Å²) in [6, 6.07) is 12.6. The van der Waals surface area contributed by atoms with E-state index < -0.39 is 0 Å². The van der Waals surface area contributed by atoms with Gasteiger partial charge >= 0.3 is 0 Å². The van der Waals surface area contributed by atoms with E-state index in [-0.39, 0.29) is 16.2 Å². The number of hydrogen-bond donors (Lipinski definition) is 0. The van der Waals surface area contributed by atoms with Crippen LogP contribution in [0.1, 0.15) is 16.8 Å². The van der Waals surface area contributed by atoms with Gasteiger partial charge in [0.25, 0.3) is 5.91 Å². The zero-order valence-electron chi connectivity index (χ0n) is 12.1. The summed E-state index contributed by atoms with van der Waals surface area (Å²) >= 11 is 11.6. The second-order valence-corrected chi connectivity index (χ2v) is 5.52. The lowest BCUT2D eigenvalue weighted by atomic mass is 10.2. The van der Waals surface area contributed by atoms with Crippen molar-refractivity contribution in [1.29, 1.82) is 0 Å². The third kappa shape index (κ3) is 4.90. The van der Waals surface area contributed by atoms with Gasteiger partial charge < -0.3 is 9.64 Å². The van der Waals surface area contributed by atoms with E-state index in [0.717, 1.165) is 12.2 Å². The van der Waals surface area contributed by atoms with Crippen molar-refractivity contribution in [3.8, 4) is 5.75 Å². The standard InChI is InChI=1S/C16H16Cl2N2O2/c1-20(8-5-9-22-13-6-3-2-4-7-13)16(21)12-10-14(17)19-15(18)11-12/h2-4,6-7,10-11H,5,8-9H2,1H3. The summed E-state index contributed by atoms with van der Waals surface area (Å²) in [5, 5.41) is 0.410. The first-order chi connectivity index (χ1) is 10.6. The Morgan fingerprint density at radius 3 is 2.45 bits per heavy atom. The highest BCUT2D eigenvalue weighted by molar-refractivity contribution is 6.33. The zero-order chi connectivity index (χ0) is 15.9. The molecule has 0 aliphatic heterocycles. The van der Waals surface area contributed by atoms with Crippen molar-refractivity contribution in [2.24, 2.45) is 0 Å². The van der Waals surface area contributed by atoms with Crippen molar-refractivity contribution in [2.75, 3.05) is 20.2 Å². The van der Waals surface area contributed by atoms with Crippen molar-refractivity contribution in [1.82, 2.24) is 9.88 Å². The molecule has 4 nitrogen and oxygen atoms in total. The first-order valence-electron chi connectivity index (χ1n) is 6.82. The van der Waals surface area contributed by atoms with Gasteiger partial charge in [-0.25, -0.2) is 4.98 Å². The minimum absolute atomic E-state index is 0.147. The van der Waals surface area contributed by atoms with E-state index in [4.69, 9.17) is 27.9 Å². The fourth-order valence-corrected chi connectivity index (χ4v) is 2.38. The molecule has 2 aromatic rings. The predicted molar refractivity (Wildman–Crippen MR) is 87.8 cm³/mol. The fraction of sp³-hybridized carbons (Fsp3) is 0.250. The molecule has 116 valence electrons. The van der Waals surface area contributed by atoms with Crippen LogP contribution in [0, 0.1) is 0 Å². The number of pyridine rings is 1. The van der Waals surface area contributed by atoms with Gasteiger partial charge in [-0.2, -0.15) is 0 Å². The smallest absolute Gasteiger partial charge is 0.253 e. The van der Waals surface area contributed by atoms with Crippen molar-refractivity contribution >= 4 is 29.1 Å². The number of carbonyl (C=O) groups is 1. The number of ether oxygens (including phenoxy) is 1. The van der Waals surface area contributed by atoms with Crippen LogP contribution in [0.3, 0.4) is 0 Å². The van der Waals surface area contributed by atoms with Crippen molar-refractivity contribution in [3.05, 3.63) is 58.3 Å². The number of amides is 1. The molecule has 6 heteroatoms. The number of rotatable bonds is 6. The van der Waals surface area contributed by atoms with Crippen LogP contribution in [0.5, 0.6) is 5.75 Å². The van der Waals surface area contributed by atoms with Gasteiger partial charge in [0.15, 0.2) is 0 Å². The van der Waals surface area contributed by atoms with E-state index in [1.807, 2.05) is 30.3 Å². The third-order valence-corrected chi connectivity index (χ3v) is 3.39. The van der Waals surface area contributed by atoms with E-state index in [1.165, 1.54) is 12.1 Å². The minimum atomic E-state index is -0.147. The molecular weight excluding hydrogens is 323 g/mol. The van der Waals surface area contributed by atoms with E-state index in [2.05, 4.69) is 4.98 Å². The molecule has 0 unspecified atom stereocenters. The molecule has 2 rings (SSSR count). The number of hydrogen-bond acceptors (Lipinski definition) is 3. The molecule has 22 heavy (non-hydrogen) atoms. The minimum Gasteiger partial charge on any atom is -0.494 e. The van der Waals surface area contributed by atoms with Crippen molar-refractivity contribution in [2.45, 2.75) is 6.42 Å². The van der Waals surface area contributed by atoms with Crippen LogP contribution in [0.4, 0.5) is 0 Å². The third-order valence-electron chi connectivity index (χ3n) is 3.01. The summed E-state index contributed by atoms with van der Waals surface area (Å²) in [5.41, 5.74) is 0.427. The fourth-order valence-electron chi connectivity index (χ4n) is 1.92. The monoisotopic (exact) mass is 338 g/mol. The molecule has 1 aromatic heterocycles. The Labute approximate surface area is 139 Å². The lowest BCUT2D eigenvalue weighted by Gasteiger charge is -2.17. The molecule has 0 N–H and O–H groups in total. The van der Waals surface area contributed by atoms with E-state index in [0.29, 0.717) is 18.7 Å². The molecule has 1 amide bonds. The molecule has 0 saturated heterocycles. The zero-order valence-corrected chi connectivity index (χ0v) is 13.6. The van der Waals surface area contributed by atoms with Crippen LogP contribution < -0.4 is 4.74 Å². The number of para-hydroxylation sites is 1. The van der Waals surface area contributed by atoms with Crippen molar-refractivity contribution in [3.63, 3.8) is 0 Å². The Morgan fingerprint density at radius 2 is 1.82 bits per heavy atom. The molecule has 0 aliphatic rings. The van der Waals surface area contributed by atoms with Gasteiger partial charge in [-0.05, 0) is 30.7 Å². The van der Waals surface area contributed by atoms with Crippen LogP contribution in [-0.2, 0) is 0 Å². The van der Waals surface area contributed by atoms with E-state index in [1.54, 1.807) is 11.9 Å². The molecule has 0 aliphatic carbocycles. The summed E-state index contributed by atoms with van der Waals surface area (Å²) in [6.07, 6.45) is 0.726. The van der Waals surface area contributed by atoms with Gasteiger partial charge in [0.1, 0.15) is 16.1 Å². The average molecular weight is 339 g/mol. The lowest BCUT2D eigenvalue weighted by molar-refractivity contribution is 0.0787. The van der Waals surface area contributed by atoms with Crippen LogP contribution in [0.15, 0.2) is 42.5 Å². The van der Waals surface area contributed by atoms with E-state index >= 15 is 0 Å². The molecule has 0 spiro atoms. The first-order valence-corrected chi connectivity index (χ1v) is 7.58. The van der Waals surface area contributed by atoms with Gasteiger partial charge in [0.05, 0.1) is 6.61 Å². The SMILES string of the molecule is CN(CCCOc1ccccc1)C(=O)c1cc(Cl)nc(Cl)c1. The molecule has 1 aromatic carbocycles. The van der Waals surface area contributed by atoms with Crippen molar-refractivity contribution < 1.29 is 9.53 Å². The maximum Gasteiger partial charge on any atom is 0.253 e. The topological polar surface area (TPSA) is 42.4 Å². The largest absolute Gasteiger partial charge is 0.494 e. The van der Waals surface area contributed by atoms with Crippen LogP contribution in [0.2, 0.25) is 10.3 Å². The highest BCUT2D eigenvalue weighted by Gasteiger charge is 2.13. The van der Waals surface area contributed by atoms with Crippen LogP contribution in [0.25, 0.3) is 0 Å². The number of halogens is 2. The Kier molecular flexibility index (Phi) is 6.04. The molecule has 0 fully saturated rings. The Morgan fingerprint density at radius 1 is 1.18 bits per heavy atom. The normalized spacial score (nSPS) is 10.3. The lowest BCUT2D eigenvalue weighted by Crippen LogP contribution is -2.28. The summed E-state index contributed by atoms with van der Waals surface area (Å²) in [4.78, 5) is 17.7. The maximum atomic E-state index is 12.3. The molecular formula is C16H16Cl2N2O2. The summed E-state index contributed by atoms with van der Waals surface area (Å²) < 4.78 is 5.59. The molecule has 1 heterocycles. The van der Waals surface area contributed by atoms with Gasteiger partial charge in [0, 0.05) is 19.2 Å². The highest BCUT2D eigenvalue weighted by Crippen LogP contribution is 2.16. The Bertz CT molecular complexity index is 615. The van der Waals surface area contributed by atoms with Gasteiger partial charge in [-0.15, -0.1) is 0 Å². The second kappa shape index (κ2) is 8.01. The van der Waals surface area contributed by atoms with Gasteiger partial charge in [-0.1, -0.05) is 41.4 Å². The quantitative estimate of drug-likeness (QED) is 0.592. The summed E-state index contributed by atoms with van der Waals surface area (Å²) in [6.45, 7) is 1.11. The van der Waals surface area contributed by atoms with Crippen LogP contribution >= 0.6 is 23.2 Å². The second-order valence-electron chi connectivity index (χ2n) is 4.74. The number of benzene rings is 1. The molecule has 0 radical (unpaired) electrons. The van der Waals surface area contributed by atoms with E-state index in [9.17, 15) is 4.79 Å². The average Bonchev–Trinajstić information content (AvgIpc) is 2.50. The molecule has 0 bridgehead atoms. The summed E-state index contributed by atoms with van der Waals surface area (Å²) in [7, 11) is 1.73. The molecule has 0 atom stereocenters. The number of carbonyl (C=O) groups excluding carboxylic acids is 1. The predicted octanol–water partition coefficient (Wildman–Crippen LogP) is 3.93. The molecule has 0 saturated carbocycles. The highest BCUT2D eigenvalue weighted by atomic mass is 35.5. The van der Waals surface area contributed by atoms with Gasteiger partial charge in [-0.3, -0.25) is 4.79 Å². The maximum absolute atomic E-state index is 12.3. The van der Waals surface area contributed by atoms with Crippen LogP contribution in [-0.4, -0.2) is 36.0 Å². The number of aromatic nitrogens is 1. The van der Waals surface area contributed by atoms with Gasteiger partial charge in [0.2, 0.25) is 0 Å². The summed E-state index contributed by atoms with van der Waals surface area (Å²) in [5.74, 6) is 0.676. The first kappa shape index (κ1) is 16.6. The Balaban J connectivity index is 1.81. The Hall–Kier alpha value is -1.78.